The maximum atomic E-state index is 12.1. The first-order valence-electron chi connectivity index (χ1n) is 6.88. The topological polar surface area (TPSA) is 108 Å². The average Bonchev–Trinajstić information content (AvgIpc) is 2.95. The Morgan fingerprint density at radius 1 is 1.45 bits per heavy atom. The Labute approximate surface area is 127 Å². The van der Waals surface area contributed by atoms with Crippen molar-refractivity contribution in [3.8, 4) is 0 Å². The lowest BCUT2D eigenvalue weighted by Gasteiger charge is -2.33. The van der Waals surface area contributed by atoms with E-state index in [4.69, 9.17) is 13.7 Å². The Bertz CT molecular complexity index is 655. The number of ether oxygens (including phenoxy) is 2. The van der Waals surface area contributed by atoms with Gasteiger partial charge in [0.25, 0.3) is 10.1 Å². The van der Waals surface area contributed by atoms with E-state index in [1.54, 1.807) is 0 Å². The second-order valence-corrected chi connectivity index (χ2v) is 7.68. The normalized spacial score (nSPS) is 40.5. The highest BCUT2D eigenvalue weighted by atomic mass is 32.2. The fraction of sp³-hybridized carbons (Fsp3) is 0.692. The van der Waals surface area contributed by atoms with Gasteiger partial charge < -0.3 is 14.8 Å². The molecule has 3 aliphatic rings. The summed E-state index contributed by atoms with van der Waals surface area (Å²) >= 11 is 0. The van der Waals surface area contributed by atoms with Gasteiger partial charge in [0.2, 0.25) is 5.91 Å². The number of nitrogens with one attached hydrogen (secondary N) is 1. The van der Waals surface area contributed by atoms with Gasteiger partial charge in [-0.05, 0) is 13.8 Å². The molecule has 2 bridgehead atoms. The maximum Gasteiger partial charge on any atom is 0.326 e. The summed E-state index contributed by atoms with van der Waals surface area (Å²) in [5.41, 5.74) is -1.04. The van der Waals surface area contributed by atoms with Crippen LogP contribution in [0.3, 0.4) is 0 Å². The summed E-state index contributed by atoms with van der Waals surface area (Å²) in [6, 6.07) is 0. The summed E-state index contributed by atoms with van der Waals surface area (Å²) in [5.74, 6) is -1.20. The Kier molecular flexibility index (Phi) is 3.35. The van der Waals surface area contributed by atoms with E-state index in [-0.39, 0.29) is 12.1 Å². The number of esters is 1. The molecule has 5 unspecified atom stereocenters. The van der Waals surface area contributed by atoms with Crippen LogP contribution in [-0.4, -0.2) is 56.0 Å². The molecule has 122 valence electrons. The molecular formula is C13H17NO7S. The molecule has 3 heterocycles. The Morgan fingerprint density at radius 2 is 2.14 bits per heavy atom. The van der Waals surface area contributed by atoms with Crippen molar-refractivity contribution in [2.45, 2.75) is 49.4 Å². The zero-order chi connectivity index (χ0) is 16.3. The zero-order valence-corrected chi connectivity index (χ0v) is 13.0. The summed E-state index contributed by atoms with van der Waals surface area (Å²) in [6.45, 7) is 6.12. The summed E-state index contributed by atoms with van der Waals surface area (Å²) in [5, 5.41) is 1.32. The maximum absolute atomic E-state index is 12.1. The smallest absolute Gasteiger partial charge is 0.326 e. The minimum atomic E-state index is -3.83. The van der Waals surface area contributed by atoms with Crippen molar-refractivity contribution in [2.75, 3.05) is 6.54 Å². The van der Waals surface area contributed by atoms with Gasteiger partial charge in [0, 0.05) is 12.0 Å². The molecule has 0 aliphatic carbocycles. The predicted molar refractivity (Wildman–Crippen MR) is 73.2 cm³/mol. The largest absolute Gasteiger partial charge is 0.454 e. The third kappa shape index (κ3) is 2.15. The van der Waals surface area contributed by atoms with E-state index < -0.39 is 51.2 Å². The number of hydrogen-bond acceptors (Lipinski definition) is 7. The first-order chi connectivity index (χ1) is 10.1. The summed E-state index contributed by atoms with van der Waals surface area (Å²) < 4.78 is 40.1. The first-order valence-corrected chi connectivity index (χ1v) is 8.35. The molecule has 22 heavy (non-hydrogen) atoms. The molecule has 5 atom stereocenters. The summed E-state index contributed by atoms with van der Waals surface area (Å²) in [7, 11) is -3.83. The van der Waals surface area contributed by atoms with Crippen molar-refractivity contribution in [1.29, 1.82) is 0 Å². The number of hydrogen-bond donors (Lipinski definition) is 1. The Hall–Kier alpha value is -1.45. The molecule has 9 heteroatoms. The minimum absolute atomic E-state index is 0.261. The van der Waals surface area contributed by atoms with Gasteiger partial charge in [-0.3, -0.25) is 13.8 Å². The molecule has 0 aromatic heterocycles. The first kappa shape index (κ1) is 15.4. The Balaban J connectivity index is 1.71. The fourth-order valence-corrected chi connectivity index (χ4v) is 5.30. The van der Waals surface area contributed by atoms with Gasteiger partial charge in [-0.2, -0.15) is 8.42 Å². The van der Waals surface area contributed by atoms with E-state index in [1.165, 1.54) is 13.8 Å². The molecule has 3 fully saturated rings. The van der Waals surface area contributed by atoms with Crippen LogP contribution in [0.2, 0.25) is 0 Å². The van der Waals surface area contributed by atoms with Gasteiger partial charge in [0.15, 0.2) is 10.9 Å². The van der Waals surface area contributed by atoms with Crippen LogP contribution in [0.15, 0.2) is 12.2 Å². The summed E-state index contributed by atoms with van der Waals surface area (Å²) in [4.78, 5) is 23.3. The van der Waals surface area contributed by atoms with Crippen molar-refractivity contribution >= 4 is 22.0 Å². The van der Waals surface area contributed by atoms with Crippen molar-refractivity contribution in [3.63, 3.8) is 0 Å². The number of carbonyl (C=O) groups is 2. The van der Waals surface area contributed by atoms with Crippen LogP contribution in [-0.2, 0) is 33.4 Å². The standard InChI is InChI=1S/C13H17NO7S/c1-6(2)12(16)14-5-9(15)20-13(3)8-4-7-10(19-8)11(13)22(17,18)21-7/h7-8,10-11H,1,4-5H2,2-3H3,(H,14,16). The lowest BCUT2D eigenvalue weighted by Crippen LogP contribution is -2.54. The zero-order valence-electron chi connectivity index (χ0n) is 12.2. The number of amides is 1. The van der Waals surface area contributed by atoms with Crippen LogP contribution >= 0.6 is 0 Å². The molecule has 0 aromatic rings. The Morgan fingerprint density at radius 3 is 2.77 bits per heavy atom. The van der Waals surface area contributed by atoms with Crippen LogP contribution in [0.1, 0.15) is 20.3 Å². The molecule has 0 spiro atoms. The van der Waals surface area contributed by atoms with E-state index in [9.17, 15) is 18.0 Å². The van der Waals surface area contributed by atoms with Gasteiger partial charge in [-0.1, -0.05) is 6.58 Å². The van der Waals surface area contributed by atoms with Crippen LogP contribution in [0.5, 0.6) is 0 Å². The van der Waals surface area contributed by atoms with Gasteiger partial charge >= 0.3 is 5.97 Å². The third-order valence-corrected chi connectivity index (χ3v) is 6.19. The van der Waals surface area contributed by atoms with Crippen molar-refractivity contribution < 1.29 is 31.7 Å². The molecule has 8 nitrogen and oxygen atoms in total. The van der Waals surface area contributed by atoms with E-state index in [0.717, 1.165) is 0 Å². The molecule has 1 N–H and O–H groups in total. The lowest BCUT2D eigenvalue weighted by molar-refractivity contribution is -0.162. The molecule has 3 saturated heterocycles. The van der Waals surface area contributed by atoms with E-state index in [0.29, 0.717) is 6.42 Å². The third-order valence-electron chi connectivity index (χ3n) is 4.32. The van der Waals surface area contributed by atoms with Crippen molar-refractivity contribution in [1.82, 2.24) is 5.32 Å². The fourth-order valence-electron chi connectivity index (χ4n) is 3.31. The number of carbonyl (C=O) groups excluding carboxylic acids is 2. The molecular weight excluding hydrogens is 314 g/mol. The SMILES string of the molecule is C=C(C)C(=O)NCC(=O)OC1(C)C2CC3OS(=O)(=O)C1C3O2. The highest BCUT2D eigenvalue weighted by molar-refractivity contribution is 7.87. The second-order valence-electron chi connectivity index (χ2n) is 5.99. The van der Waals surface area contributed by atoms with E-state index in [1.807, 2.05) is 0 Å². The molecule has 0 radical (unpaired) electrons. The van der Waals surface area contributed by atoms with Gasteiger partial charge in [0.1, 0.15) is 24.9 Å². The van der Waals surface area contributed by atoms with Crippen molar-refractivity contribution in [2.24, 2.45) is 0 Å². The van der Waals surface area contributed by atoms with Gasteiger partial charge in [-0.25, -0.2) is 0 Å². The second kappa shape index (κ2) is 4.77. The van der Waals surface area contributed by atoms with Gasteiger partial charge in [-0.15, -0.1) is 0 Å². The highest BCUT2D eigenvalue weighted by Gasteiger charge is 2.73. The van der Waals surface area contributed by atoms with Crippen LogP contribution in [0.4, 0.5) is 0 Å². The molecule has 3 rings (SSSR count). The average molecular weight is 331 g/mol. The summed E-state index contributed by atoms with van der Waals surface area (Å²) in [6.07, 6.45) is -1.25. The minimum Gasteiger partial charge on any atom is -0.454 e. The van der Waals surface area contributed by atoms with Crippen LogP contribution in [0.25, 0.3) is 0 Å². The molecule has 0 saturated carbocycles. The van der Waals surface area contributed by atoms with Gasteiger partial charge in [0.05, 0.1) is 0 Å². The van der Waals surface area contributed by atoms with Crippen molar-refractivity contribution in [3.05, 3.63) is 12.2 Å². The number of rotatable bonds is 4. The van der Waals surface area contributed by atoms with Crippen LogP contribution < -0.4 is 5.32 Å². The molecule has 0 aromatic carbocycles. The van der Waals surface area contributed by atoms with Crippen LogP contribution in [0, 0.1) is 0 Å². The van der Waals surface area contributed by atoms with E-state index in [2.05, 4.69) is 11.9 Å². The monoisotopic (exact) mass is 331 g/mol. The van der Waals surface area contributed by atoms with E-state index >= 15 is 0 Å². The highest BCUT2D eigenvalue weighted by Crippen LogP contribution is 2.53. The molecule has 3 aliphatic heterocycles. The molecule has 1 amide bonds. The predicted octanol–water partition coefficient (Wildman–Crippen LogP) is -0.751. The lowest BCUT2D eigenvalue weighted by atomic mass is 9.84. The quantitative estimate of drug-likeness (QED) is 0.410. The number of fused-ring (bicyclic) bond motifs is 1.